The Labute approximate surface area is 92.2 Å². The minimum Gasteiger partial charge on any atom is -0.383 e. The van der Waals surface area contributed by atoms with Crippen LogP contribution in [0.1, 0.15) is 20.8 Å². The van der Waals surface area contributed by atoms with Crippen molar-refractivity contribution < 1.29 is 9.53 Å². The Balaban J connectivity index is 2.52. The van der Waals surface area contributed by atoms with E-state index in [-0.39, 0.29) is 5.91 Å². The Morgan fingerprint density at radius 3 is 2.27 bits per heavy atom. The number of nitrogens with zero attached hydrogens (tertiary/aromatic N) is 2. The van der Waals surface area contributed by atoms with Gasteiger partial charge in [-0.1, -0.05) is 0 Å². The minimum atomic E-state index is 0.181. The van der Waals surface area contributed by atoms with Gasteiger partial charge in [0.05, 0.1) is 6.61 Å². The molecule has 1 amide bonds. The molecule has 0 aliphatic carbocycles. The molecule has 1 saturated heterocycles. The molecule has 1 fully saturated rings. The molecule has 1 aliphatic rings. The molecule has 0 saturated carbocycles. The lowest BCUT2D eigenvalue weighted by atomic mass is 10.1. The first-order valence-electron chi connectivity index (χ1n) is 5.56. The smallest absolute Gasteiger partial charge is 0.219 e. The number of carbonyl (C=O) groups excluding carboxylic acids is 1. The van der Waals surface area contributed by atoms with Crippen LogP contribution in [0.15, 0.2) is 0 Å². The molecule has 0 N–H and O–H groups in total. The Bertz CT molecular complexity index is 209. The third-order valence-corrected chi connectivity index (χ3v) is 3.10. The molecule has 2 atom stereocenters. The van der Waals surface area contributed by atoms with Crippen molar-refractivity contribution in [3.8, 4) is 0 Å². The molecule has 0 spiro atoms. The number of methoxy groups -OCH3 is 1. The molecule has 4 nitrogen and oxygen atoms in total. The van der Waals surface area contributed by atoms with Gasteiger partial charge >= 0.3 is 0 Å². The number of amides is 1. The minimum absolute atomic E-state index is 0.181. The van der Waals surface area contributed by atoms with Crippen LogP contribution in [0.3, 0.4) is 0 Å². The third-order valence-electron chi connectivity index (χ3n) is 3.10. The fraction of sp³-hybridized carbons (Fsp3) is 0.909. The van der Waals surface area contributed by atoms with E-state index in [4.69, 9.17) is 4.74 Å². The van der Waals surface area contributed by atoms with Gasteiger partial charge in [0, 0.05) is 45.8 Å². The molecule has 0 radical (unpaired) electrons. The van der Waals surface area contributed by atoms with Crippen molar-refractivity contribution in [1.29, 1.82) is 0 Å². The quantitative estimate of drug-likeness (QED) is 0.689. The second kappa shape index (κ2) is 5.47. The highest BCUT2D eigenvalue weighted by Gasteiger charge is 2.29. The van der Waals surface area contributed by atoms with Gasteiger partial charge in [-0.2, -0.15) is 0 Å². The third kappa shape index (κ3) is 3.18. The molecule has 4 heteroatoms. The Morgan fingerprint density at radius 1 is 1.33 bits per heavy atom. The molecule has 0 bridgehead atoms. The number of carbonyl (C=O) groups is 1. The van der Waals surface area contributed by atoms with Gasteiger partial charge in [0.1, 0.15) is 0 Å². The van der Waals surface area contributed by atoms with Gasteiger partial charge in [0.25, 0.3) is 0 Å². The van der Waals surface area contributed by atoms with Crippen LogP contribution in [0, 0.1) is 0 Å². The SMILES string of the molecule is COCCN1C(C)CN(C(C)=O)CC1C. The summed E-state index contributed by atoms with van der Waals surface area (Å²) in [6.07, 6.45) is 0. The van der Waals surface area contributed by atoms with Crippen molar-refractivity contribution in [3.05, 3.63) is 0 Å². The molecule has 1 aliphatic heterocycles. The molecule has 2 unspecified atom stereocenters. The van der Waals surface area contributed by atoms with E-state index in [0.29, 0.717) is 12.1 Å². The van der Waals surface area contributed by atoms with Crippen molar-refractivity contribution >= 4 is 5.91 Å². The summed E-state index contributed by atoms with van der Waals surface area (Å²) in [4.78, 5) is 15.6. The van der Waals surface area contributed by atoms with Crippen LogP contribution in [0.25, 0.3) is 0 Å². The van der Waals surface area contributed by atoms with E-state index in [1.165, 1.54) is 0 Å². The lowest BCUT2D eigenvalue weighted by Crippen LogP contribution is -2.58. The van der Waals surface area contributed by atoms with Gasteiger partial charge in [0.15, 0.2) is 0 Å². The van der Waals surface area contributed by atoms with Crippen LogP contribution >= 0.6 is 0 Å². The maximum Gasteiger partial charge on any atom is 0.219 e. The fourth-order valence-corrected chi connectivity index (χ4v) is 2.25. The van der Waals surface area contributed by atoms with Crippen LogP contribution in [0.4, 0.5) is 0 Å². The summed E-state index contributed by atoms with van der Waals surface area (Å²) < 4.78 is 5.09. The Hall–Kier alpha value is -0.610. The van der Waals surface area contributed by atoms with Gasteiger partial charge in [-0.05, 0) is 13.8 Å². The summed E-state index contributed by atoms with van der Waals surface area (Å²) in [6, 6.07) is 0.848. The zero-order valence-electron chi connectivity index (χ0n) is 10.2. The van der Waals surface area contributed by atoms with Gasteiger partial charge < -0.3 is 9.64 Å². The maximum atomic E-state index is 11.3. The zero-order valence-corrected chi connectivity index (χ0v) is 10.2. The van der Waals surface area contributed by atoms with E-state index in [0.717, 1.165) is 26.2 Å². The van der Waals surface area contributed by atoms with Crippen molar-refractivity contribution in [1.82, 2.24) is 9.80 Å². The van der Waals surface area contributed by atoms with E-state index in [1.54, 1.807) is 14.0 Å². The lowest BCUT2D eigenvalue weighted by Gasteiger charge is -2.44. The highest BCUT2D eigenvalue weighted by molar-refractivity contribution is 5.73. The highest BCUT2D eigenvalue weighted by Crippen LogP contribution is 2.15. The number of ether oxygens (including phenoxy) is 1. The number of hydrogen-bond donors (Lipinski definition) is 0. The average molecular weight is 214 g/mol. The summed E-state index contributed by atoms with van der Waals surface area (Å²) in [5, 5.41) is 0. The van der Waals surface area contributed by atoms with Crippen LogP contribution in [0.5, 0.6) is 0 Å². The predicted octanol–water partition coefficient (Wildman–Crippen LogP) is 0.574. The largest absolute Gasteiger partial charge is 0.383 e. The van der Waals surface area contributed by atoms with Crippen LogP contribution in [-0.4, -0.2) is 61.1 Å². The van der Waals surface area contributed by atoms with Crippen LogP contribution in [-0.2, 0) is 9.53 Å². The number of rotatable bonds is 3. The van der Waals surface area contributed by atoms with E-state index >= 15 is 0 Å². The van der Waals surface area contributed by atoms with Gasteiger partial charge in [0.2, 0.25) is 5.91 Å². The van der Waals surface area contributed by atoms with Crippen molar-refractivity contribution in [2.75, 3.05) is 33.4 Å². The van der Waals surface area contributed by atoms with Crippen molar-refractivity contribution in [3.63, 3.8) is 0 Å². The van der Waals surface area contributed by atoms with E-state index in [1.807, 2.05) is 4.90 Å². The molecular weight excluding hydrogens is 192 g/mol. The van der Waals surface area contributed by atoms with Gasteiger partial charge in [-0.15, -0.1) is 0 Å². The first kappa shape index (κ1) is 12.5. The fourth-order valence-electron chi connectivity index (χ4n) is 2.25. The Morgan fingerprint density at radius 2 is 1.87 bits per heavy atom. The number of hydrogen-bond acceptors (Lipinski definition) is 3. The summed E-state index contributed by atoms with van der Waals surface area (Å²) >= 11 is 0. The Kier molecular flexibility index (Phi) is 4.54. The molecule has 1 heterocycles. The van der Waals surface area contributed by atoms with Crippen LogP contribution < -0.4 is 0 Å². The molecule has 1 rings (SSSR count). The second-order valence-electron chi connectivity index (χ2n) is 4.35. The van der Waals surface area contributed by atoms with Crippen molar-refractivity contribution in [2.24, 2.45) is 0 Å². The van der Waals surface area contributed by atoms with E-state index < -0.39 is 0 Å². The van der Waals surface area contributed by atoms with E-state index in [2.05, 4.69) is 18.7 Å². The van der Waals surface area contributed by atoms with Gasteiger partial charge in [-0.3, -0.25) is 9.69 Å². The summed E-state index contributed by atoms with van der Waals surface area (Å²) in [6.45, 7) is 9.36. The monoisotopic (exact) mass is 214 g/mol. The maximum absolute atomic E-state index is 11.3. The molecule has 0 aromatic carbocycles. The lowest BCUT2D eigenvalue weighted by molar-refractivity contribution is -0.133. The molecular formula is C11H22N2O2. The topological polar surface area (TPSA) is 32.8 Å². The molecule has 88 valence electrons. The first-order valence-corrected chi connectivity index (χ1v) is 5.56. The van der Waals surface area contributed by atoms with E-state index in [9.17, 15) is 4.79 Å². The average Bonchev–Trinajstić information content (AvgIpc) is 2.16. The molecule has 0 aromatic rings. The number of piperazine rings is 1. The first-order chi connectivity index (χ1) is 7.06. The summed E-state index contributed by atoms with van der Waals surface area (Å²) in [5.74, 6) is 0.181. The highest BCUT2D eigenvalue weighted by atomic mass is 16.5. The summed E-state index contributed by atoms with van der Waals surface area (Å²) in [5.41, 5.74) is 0. The normalized spacial score (nSPS) is 28.1. The molecule has 15 heavy (non-hydrogen) atoms. The van der Waals surface area contributed by atoms with Gasteiger partial charge in [-0.25, -0.2) is 0 Å². The standard InChI is InChI=1S/C11H22N2O2/c1-9-7-12(11(3)14)8-10(2)13(9)5-6-15-4/h9-10H,5-8H2,1-4H3. The predicted molar refractivity (Wildman–Crippen MR) is 59.8 cm³/mol. The molecule has 0 aromatic heterocycles. The second-order valence-corrected chi connectivity index (χ2v) is 4.35. The van der Waals surface area contributed by atoms with Crippen molar-refractivity contribution in [2.45, 2.75) is 32.9 Å². The zero-order chi connectivity index (χ0) is 11.4. The summed E-state index contributed by atoms with van der Waals surface area (Å²) in [7, 11) is 1.72. The van der Waals surface area contributed by atoms with Crippen LogP contribution in [0.2, 0.25) is 0 Å².